The van der Waals surface area contributed by atoms with Crippen molar-refractivity contribution in [2.24, 2.45) is 0 Å². The molecular weight excluding hydrogens is 232 g/mol. The van der Waals surface area contributed by atoms with Gasteiger partial charge in [0.1, 0.15) is 0 Å². The lowest BCUT2D eigenvalue weighted by Gasteiger charge is -2.25. The van der Waals surface area contributed by atoms with E-state index in [2.05, 4.69) is 20.8 Å². The lowest BCUT2D eigenvalue weighted by molar-refractivity contribution is 0.0941. The van der Waals surface area contributed by atoms with Crippen molar-refractivity contribution >= 4 is 14.5 Å². The van der Waals surface area contributed by atoms with Crippen LogP contribution in [0.5, 0.6) is 0 Å². The normalized spacial score (nSPS) is 11.6. The van der Waals surface area contributed by atoms with Crippen LogP contribution < -0.4 is 0 Å². The molecule has 0 aliphatic carbocycles. The molecule has 4 heteroatoms. The Hall–Kier alpha value is -0.513. The summed E-state index contributed by atoms with van der Waals surface area (Å²) >= 11 is 0. The second-order valence-electron chi connectivity index (χ2n) is 5.37. The molecule has 0 N–H and O–H groups in total. The topological polar surface area (TPSA) is 35.5 Å². The van der Waals surface area contributed by atoms with Gasteiger partial charge in [-0.25, -0.2) is 4.79 Å². The van der Waals surface area contributed by atoms with Gasteiger partial charge in [-0.2, -0.15) is 0 Å². The van der Waals surface area contributed by atoms with Crippen LogP contribution in [0.2, 0.25) is 18.6 Å². The maximum absolute atomic E-state index is 11.4. The number of carbonyl (C=O) groups is 1. The molecule has 0 bridgehead atoms. The van der Waals surface area contributed by atoms with Gasteiger partial charge >= 0.3 is 6.16 Å². The smallest absolute Gasteiger partial charge is 0.489 e. The van der Waals surface area contributed by atoms with E-state index in [-0.39, 0.29) is 0 Å². The third-order valence-electron chi connectivity index (χ3n) is 3.20. The molecule has 0 radical (unpaired) electrons. The van der Waals surface area contributed by atoms with Crippen LogP contribution in [0.25, 0.3) is 0 Å². The van der Waals surface area contributed by atoms with E-state index in [0.29, 0.717) is 12.1 Å². The molecule has 102 valence electrons. The van der Waals surface area contributed by atoms with Crippen LogP contribution in [0.15, 0.2) is 0 Å². The minimum absolute atomic E-state index is 0.416. The fraction of sp³-hybridized carbons (Fsp3) is 0.923. The highest BCUT2D eigenvalue weighted by atomic mass is 28.4. The second kappa shape index (κ2) is 8.56. The Kier molecular flexibility index (Phi) is 8.30. The van der Waals surface area contributed by atoms with Gasteiger partial charge in [0, 0.05) is 0 Å². The van der Waals surface area contributed by atoms with Crippen molar-refractivity contribution in [1.29, 1.82) is 0 Å². The van der Waals surface area contributed by atoms with Gasteiger partial charge in [0.05, 0.1) is 6.61 Å². The molecule has 0 fully saturated rings. The summed E-state index contributed by atoms with van der Waals surface area (Å²) in [6, 6.07) is 0. The van der Waals surface area contributed by atoms with Crippen LogP contribution >= 0.6 is 0 Å². The molecule has 0 saturated carbocycles. The molecule has 0 amide bonds. The predicted molar refractivity (Wildman–Crippen MR) is 73.8 cm³/mol. The summed E-state index contributed by atoms with van der Waals surface area (Å²) in [4.78, 5) is 11.4. The Morgan fingerprint density at radius 3 is 2.24 bits per heavy atom. The average molecular weight is 260 g/mol. The predicted octanol–water partition coefficient (Wildman–Crippen LogP) is 4.73. The summed E-state index contributed by atoms with van der Waals surface area (Å²) in [5, 5.41) is 0. The molecule has 0 heterocycles. The molecule has 0 aliphatic rings. The van der Waals surface area contributed by atoms with Crippen molar-refractivity contribution in [3.63, 3.8) is 0 Å². The lowest BCUT2D eigenvalue weighted by atomic mass is 10.2. The van der Waals surface area contributed by atoms with Crippen LogP contribution in [-0.4, -0.2) is 21.1 Å². The fourth-order valence-corrected chi connectivity index (χ4v) is 1.95. The van der Waals surface area contributed by atoms with Crippen molar-refractivity contribution in [1.82, 2.24) is 0 Å². The SMILES string of the molecule is CCCCCCCOC(=O)O[Si](C)(C)C(C)C. The first kappa shape index (κ1) is 16.5. The first-order valence-corrected chi connectivity index (χ1v) is 9.74. The number of rotatable bonds is 8. The molecule has 3 nitrogen and oxygen atoms in total. The minimum Gasteiger partial charge on any atom is -0.489 e. The monoisotopic (exact) mass is 260 g/mol. The maximum atomic E-state index is 11.4. The lowest BCUT2D eigenvalue weighted by Crippen LogP contribution is -2.36. The van der Waals surface area contributed by atoms with Crippen molar-refractivity contribution < 1.29 is 14.0 Å². The molecule has 0 rings (SSSR count). The highest BCUT2D eigenvalue weighted by Gasteiger charge is 2.31. The van der Waals surface area contributed by atoms with Gasteiger partial charge in [0.2, 0.25) is 0 Å². The molecule has 0 aromatic carbocycles. The first-order chi connectivity index (χ1) is 7.90. The van der Waals surface area contributed by atoms with E-state index in [1.165, 1.54) is 19.3 Å². The maximum Gasteiger partial charge on any atom is 0.494 e. The highest BCUT2D eigenvalue weighted by Crippen LogP contribution is 2.21. The first-order valence-electron chi connectivity index (χ1n) is 6.76. The quantitative estimate of drug-likeness (QED) is 0.360. The average Bonchev–Trinajstić information content (AvgIpc) is 2.22. The Bertz CT molecular complexity index is 215. The zero-order chi connectivity index (χ0) is 13.3. The fourth-order valence-electron chi connectivity index (χ4n) is 1.22. The summed E-state index contributed by atoms with van der Waals surface area (Å²) < 4.78 is 10.5. The molecule has 0 aliphatic heterocycles. The van der Waals surface area contributed by atoms with Gasteiger partial charge in [-0.1, -0.05) is 46.5 Å². The summed E-state index contributed by atoms with van der Waals surface area (Å²) in [5.41, 5.74) is 0.416. The molecule has 0 aromatic rings. The number of ether oxygens (including phenoxy) is 1. The van der Waals surface area contributed by atoms with Gasteiger partial charge in [-0.15, -0.1) is 0 Å². The van der Waals surface area contributed by atoms with Gasteiger partial charge < -0.3 is 9.16 Å². The Balaban J connectivity index is 3.60. The van der Waals surface area contributed by atoms with E-state index in [1.54, 1.807) is 0 Å². The number of hydrogen-bond acceptors (Lipinski definition) is 3. The van der Waals surface area contributed by atoms with Crippen LogP contribution in [0.3, 0.4) is 0 Å². The van der Waals surface area contributed by atoms with Crippen molar-refractivity contribution in [2.75, 3.05) is 6.61 Å². The standard InChI is InChI=1S/C13H28O3Si/c1-6-7-8-9-10-11-15-13(14)16-17(4,5)12(2)3/h12H,6-11H2,1-5H3. The summed E-state index contributed by atoms with van der Waals surface area (Å²) in [6.07, 6.45) is 5.31. The van der Waals surface area contributed by atoms with Crippen LogP contribution in [0, 0.1) is 0 Å². The Labute approximate surface area is 107 Å². The minimum atomic E-state index is -1.90. The second-order valence-corrected chi connectivity index (χ2v) is 9.94. The van der Waals surface area contributed by atoms with Gasteiger partial charge in [-0.3, -0.25) is 0 Å². The molecule has 0 aromatic heterocycles. The van der Waals surface area contributed by atoms with E-state index in [9.17, 15) is 4.79 Å². The molecule has 17 heavy (non-hydrogen) atoms. The molecule has 0 unspecified atom stereocenters. The van der Waals surface area contributed by atoms with E-state index >= 15 is 0 Å². The summed E-state index contributed by atoms with van der Waals surface area (Å²) in [6.45, 7) is 10.9. The van der Waals surface area contributed by atoms with E-state index in [0.717, 1.165) is 12.8 Å². The largest absolute Gasteiger partial charge is 0.494 e. The highest BCUT2D eigenvalue weighted by molar-refractivity contribution is 6.73. The van der Waals surface area contributed by atoms with E-state index < -0.39 is 14.5 Å². The Morgan fingerprint density at radius 2 is 1.71 bits per heavy atom. The molecule has 0 saturated heterocycles. The van der Waals surface area contributed by atoms with Crippen molar-refractivity contribution in [2.45, 2.75) is 71.5 Å². The number of carbonyl (C=O) groups excluding carboxylic acids is 1. The van der Waals surface area contributed by atoms with Crippen molar-refractivity contribution in [3.8, 4) is 0 Å². The van der Waals surface area contributed by atoms with Crippen LogP contribution in [0.1, 0.15) is 52.9 Å². The number of hydrogen-bond donors (Lipinski definition) is 0. The molecular formula is C13H28O3Si. The van der Waals surface area contributed by atoms with Gasteiger partial charge in [0.15, 0.2) is 0 Å². The third-order valence-corrected chi connectivity index (χ3v) is 6.68. The third kappa shape index (κ3) is 8.24. The zero-order valence-electron chi connectivity index (χ0n) is 12.0. The van der Waals surface area contributed by atoms with Crippen LogP contribution in [-0.2, 0) is 9.16 Å². The van der Waals surface area contributed by atoms with E-state index in [1.807, 2.05) is 13.1 Å². The number of unbranched alkanes of at least 4 members (excludes halogenated alkanes) is 4. The summed E-state index contributed by atoms with van der Waals surface area (Å²) in [7, 11) is -1.90. The van der Waals surface area contributed by atoms with Gasteiger partial charge in [-0.05, 0) is 25.1 Å². The molecule has 0 spiro atoms. The Morgan fingerprint density at radius 1 is 1.12 bits per heavy atom. The molecule has 0 atom stereocenters. The summed E-state index contributed by atoms with van der Waals surface area (Å²) in [5.74, 6) is 0. The van der Waals surface area contributed by atoms with E-state index in [4.69, 9.17) is 9.16 Å². The van der Waals surface area contributed by atoms with Crippen LogP contribution in [0.4, 0.5) is 4.79 Å². The van der Waals surface area contributed by atoms with Crippen molar-refractivity contribution in [3.05, 3.63) is 0 Å². The van der Waals surface area contributed by atoms with Gasteiger partial charge in [0.25, 0.3) is 8.32 Å². The zero-order valence-corrected chi connectivity index (χ0v) is 13.0.